The maximum Gasteiger partial charge on any atom is 0.416 e. The summed E-state index contributed by atoms with van der Waals surface area (Å²) in [5.74, 6) is -0.110. The van der Waals surface area contributed by atoms with Crippen molar-refractivity contribution in [3.05, 3.63) is 106 Å². The Morgan fingerprint density at radius 2 is 1.69 bits per heavy atom. The molecule has 11 heteroatoms. The number of aromatic nitrogens is 2. The van der Waals surface area contributed by atoms with E-state index in [1.165, 1.54) is 12.4 Å². The molecule has 1 aliphatic carbocycles. The number of nitrogens with one attached hydrogen (secondary N) is 1. The first-order chi connectivity index (χ1) is 18.8. The van der Waals surface area contributed by atoms with Gasteiger partial charge in [0.2, 0.25) is 6.41 Å². The molecule has 0 aliphatic heterocycles. The van der Waals surface area contributed by atoms with E-state index in [0.29, 0.717) is 6.29 Å². The fraction of sp³-hybridized carbons (Fsp3) is 0.179. The summed E-state index contributed by atoms with van der Waals surface area (Å²) in [6.07, 6.45) is -2.91. The Kier molecular flexibility index (Phi) is 8.01. The molecule has 0 amide bonds. The number of aldehydes is 1. The Hall–Kier alpha value is -3.28. The predicted molar refractivity (Wildman–Crippen MR) is 141 cm³/mol. The number of fused-ring (bicyclic) bond motifs is 3. The lowest BCUT2D eigenvalue weighted by Crippen LogP contribution is -2.32. The number of aliphatic hydroxyl groups is 1. The highest BCUT2D eigenvalue weighted by atomic mass is 35.5. The maximum atomic E-state index is 13.5. The van der Waals surface area contributed by atoms with E-state index in [1.807, 2.05) is 48.5 Å². The van der Waals surface area contributed by atoms with Crippen LogP contribution in [0.2, 0.25) is 5.02 Å². The van der Waals surface area contributed by atoms with Gasteiger partial charge in [0, 0.05) is 29.8 Å². The molecule has 0 spiro atoms. The predicted octanol–water partition coefficient (Wildman–Crippen LogP) is 6.31. The number of hydrogen-bond donors (Lipinski definition) is 2. The molecule has 1 aromatic heterocycles. The minimum absolute atomic E-state index is 0.0258. The van der Waals surface area contributed by atoms with E-state index in [1.54, 1.807) is 0 Å². The molecule has 5 rings (SSSR count). The summed E-state index contributed by atoms with van der Waals surface area (Å²) in [4.78, 5) is 19.6. The lowest BCUT2D eigenvalue weighted by Gasteiger charge is -2.20. The van der Waals surface area contributed by atoms with Crippen molar-refractivity contribution in [1.82, 2.24) is 15.3 Å². The second-order valence-corrected chi connectivity index (χ2v) is 10.1. The van der Waals surface area contributed by atoms with Gasteiger partial charge >= 0.3 is 6.18 Å². The second-order valence-electron chi connectivity index (χ2n) is 8.70. The molecular weight excluding hydrogens is 551 g/mol. The lowest BCUT2D eigenvalue weighted by atomic mass is 9.98. The first-order valence-electron chi connectivity index (χ1n) is 11.8. The number of alkyl halides is 3. The van der Waals surface area contributed by atoms with Crippen molar-refractivity contribution in [2.75, 3.05) is 6.61 Å². The van der Waals surface area contributed by atoms with E-state index in [9.17, 15) is 23.1 Å². The van der Waals surface area contributed by atoms with Gasteiger partial charge in [-0.2, -0.15) is 13.2 Å². The summed E-state index contributed by atoms with van der Waals surface area (Å²) >= 11 is 7.18. The van der Waals surface area contributed by atoms with Crippen molar-refractivity contribution in [2.45, 2.75) is 35.0 Å². The number of carbonyl (C=O) groups excluding carboxylic acids is 1. The van der Waals surface area contributed by atoms with Crippen LogP contribution in [-0.4, -0.2) is 34.4 Å². The Bertz CT molecular complexity index is 1470. The topological polar surface area (TPSA) is 84.3 Å². The molecule has 1 unspecified atom stereocenters. The molecule has 39 heavy (non-hydrogen) atoms. The van der Waals surface area contributed by atoms with Crippen LogP contribution in [0, 0.1) is 0 Å². The SMILES string of the molecule is O=Cc1nccnc1Sc1c(Cl)cc(C(F)(F)F)cc1CNC(O)OCC1c2ccccc2-c2ccccc21. The van der Waals surface area contributed by atoms with Gasteiger partial charge in [0.15, 0.2) is 6.29 Å². The third kappa shape index (κ3) is 5.85. The Labute approximate surface area is 231 Å². The van der Waals surface area contributed by atoms with Crippen LogP contribution in [0.15, 0.2) is 83.0 Å². The Morgan fingerprint density at radius 1 is 1.05 bits per heavy atom. The van der Waals surface area contributed by atoms with E-state index < -0.39 is 18.2 Å². The molecule has 0 radical (unpaired) electrons. The maximum absolute atomic E-state index is 13.5. The molecule has 200 valence electrons. The summed E-state index contributed by atoms with van der Waals surface area (Å²) in [6.45, 7) is -0.0584. The molecule has 3 aromatic carbocycles. The van der Waals surface area contributed by atoms with Crippen molar-refractivity contribution in [3.8, 4) is 11.1 Å². The molecular formula is C28H21ClF3N3O3S. The van der Waals surface area contributed by atoms with Gasteiger partial charge in [-0.1, -0.05) is 71.9 Å². The number of aliphatic hydroxyl groups excluding tert-OH is 1. The fourth-order valence-corrected chi connectivity index (χ4v) is 5.82. The van der Waals surface area contributed by atoms with Crippen LogP contribution in [-0.2, 0) is 17.5 Å². The smallest absolute Gasteiger partial charge is 0.356 e. The molecule has 6 nitrogen and oxygen atoms in total. The van der Waals surface area contributed by atoms with Crippen LogP contribution in [0.25, 0.3) is 11.1 Å². The van der Waals surface area contributed by atoms with Crippen molar-refractivity contribution >= 4 is 29.6 Å². The van der Waals surface area contributed by atoms with Gasteiger partial charge in [-0.3, -0.25) is 10.1 Å². The third-order valence-corrected chi connectivity index (χ3v) is 7.90. The van der Waals surface area contributed by atoms with Crippen molar-refractivity contribution in [3.63, 3.8) is 0 Å². The molecule has 1 heterocycles. The molecule has 0 bridgehead atoms. The zero-order valence-electron chi connectivity index (χ0n) is 20.2. The van der Waals surface area contributed by atoms with E-state index in [0.717, 1.165) is 46.1 Å². The quantitative estimate of drug-likeness (QED) is 0.180. The number of ether oxygens (including phenoxy) is 1. The molecule has 1 atom stereocenters. The molecule has 0 fully saturated rings. The summed E-state index contributed by atoms with van der Waals surface area (Å²) in [7, 11) is 0. The van der Waals surface area contributed by atoms with Crippen LogP contribution in [0.1, 0.15) is 38.7 Å². The first-order valence-corrected chi connectivity index (χ1v) is 13.0. The van der Waals surface area contributed by atoms with Gasteiger partial charge in [-0.05, 0) is 39.9 Å². The van der Waals surface area contributed by atoms with Gasteiger partial charge in [-0.15, -0.1) is 0 Å². The average molecular weight is 572 g/mol. The zero-order chi connectivity index (χ0) is 27.6. The minimum Gasteiger partial charge on any atom is -0.356 e. The molecule has 2 N–H and O–H groups in total. The Morgan fingerprint density at radius 3 is 2.33 bits per heavy atom. The zero-order valence-corrected chi connectivity index (χ0v) is 21.7. The number of halogens is 4. The van der Waals surface area contributed by atoms with Crippen LogP contribution >= 0.6 is 23.4 Å². The highest BCUT2D eigenvalue weighted by Gasteiger charge is 2.33. The molecule has 1 aliphatic rings. The van der Waals surface area contributed by atoms with Crippen LogP contribution in [0.5, 0.6) is 0 Å². The number of nitrogens with zero attached hydrogens (tertiary/aromatic N) is 2. The van der Waals surface area contributed by atoms with E-state index >= 15 is 0 Å². The molecule has 0 saturated heterocycles. The van der Waals surface area contributed by atoms with E-state index in [4.69, 9.17) is 16.3 Å². The number of rotatable bonds is 9. The summed E-state index contributed by atoms with van der Waals surface area (Å²) < 4.78 is 46.3. The molecule has 4 aromatic rings. The average Bonchev–Trinajstić information content (AvgIpc) is 3.25. The van der Waals surface area contributed by atoms with Gasteiger partial charge < -0.3 is 9.84 Å². The summed E-state index contributed by atoms with van der Waals surface area (Å²) in [5.41, 5.74) is 3.57. The Balaban J connectivity index is 1.34. The lowest BCUT2D eigenvalue weighted by molar-refractivity contribution is -0.137. The largest absolute Gasteiger partial charge is 0.416 e. The second kappa shape index (κ2) is 11.4. The third-order valence-electron chi connectivity index (χ3n) is 6.30. The van der Waals surface area contributed by atoms with E-state index in [2.05, 4.69) is 15.3 Å². The number of benzene rings is 3. The fourth-order valence-electron chi connectivity index (χ4n) is 4.53. The van der Waals surface area contributed by atoms with Crippen molar-refractivity contribution in [1.29, 1.82) is 0 Å². The van der Waals surface area contributed by atoms with Crippen LogP contribution < -0.4 is 5.32 Å². The van der Waals surface area contributed by atoms with Crippen LogP contribution in [0.4, 0.5) is 13.2 Å². The van der Waals surface area contributed by atoms with Gasteiger partial charge in [0.05, 0.1) is 17.2 Å². The summed E-state index contributed by atoms with van der Waals surface area (Å²) in [5, 5.41) is 13.3. The minimum atomic E-state index is -4.64. The van der Waals surface area contributed by atoms with E-state index in [-0.39, 0.29) is 45.3 Å². The summed E-state index contributed by atoms with van der Waals surface area (Å²) in [6, 6.07) is 17.6. The normalized spacial score (nSPS) is 13.7. The highest BCUT2D eigenvalue weighted by Crippen LogP contribution is 2.45. The van der Waals surface area contributed by atoms with Crippen molar-refractivity contribution < 1.29 is 27.8 Å². The molecule has 0 saturated carbocycles. The van der Waals surface area contributed by atoms with Crippen LogP contribution in [0.3, 0.4) is 0 Å². The highest BCUT2D eigenvalue weighted by molar-refractivity contribution is 7.99. The number of carbonyl (C=O) groups is 1. The first kappa shape index (κ1) is 27.3. The van der Waals surface area contributed by atoms with Gasteiger partial charge in [0.1, 0.15) is 10.7 Å². The van der Waals surface area contributed by atoms with Crippen molar-refractivity contribution in [2.24, 2.45) is 0 Å². The standard InChI is InChI=1S/C28H21ClF3N3O3S/c29-23-12-17(28(30,31)32)11-16(25(23)39-26-24(14-36)33-9-10-34-26)13-35-27(37)38-15-22-20-7-3-1-5-18(20)19-6-2-4-8-21(19)22/h1-12,14,22,27,35,37H,13,15H2. The monoisotopic (exact) mass is 571 g/mol. The van der Waals surface area contributed by atoms with Gasteiger partial charge in [-0.25, -0.2) is 9.97 Å². The van der Waals surface area contributed by atoms with Gasteiger partial charge in [0.25, 0.3) is 0 Å². The number of hydrogen-bond acceptors (Lipinski definition) is 7.